The summed E-state index contributed by atoms with van der Waals surface area (Å²) in [5.41, 5.74) is 1.77. The second-order valence-corrected chi connectivity index (χ2v) is 4.35. The van der Waals surface area contributed by atoms with E-state index in [-0.39, 0.29) is 0 Å². The van der Waals surface area contributed by atoms with Gasteiger partial charge in [0.15, 0.2) is 5.82 Å². The van der Waals surface area contributed by atoms with Gasteiger partial charge in [-0.3, -0.25) is 0 Å². The van der Waals surface area contributed by atoms with E-state index >= 15 is 0 Å². The summed E-state index contributed by atoms with van der Waals surface area (Å²) >= 11 is 0. The average molecular weight is 273 g/mol. The Bertz CT molecular complexity index is 577. The molecule has 0 aliphatic rings. The highest BCUT2D eigenvalue weighted by molar-refractivity contribution is 5.62. The molecule has 2 aromatic rings. The molecular weight excluding hydrogens is 254 g/mol. The molecule has 0 saturated heterocycles. The molecule has 0 atom stereocenters. The number of aryl methyl sites for hydroxylation is 1. The predicted octanol–water partition coefficient (Wildman–Crippen LogP) is 2.90. The number of hydrogen-bond acceptors (Lipinski definition) is 5. The van der Waals surface area contributed by atoms with Crippen LogP contribution in [-0.2, 0) is 0 Å². The van der Waals surface area contributed by atoms with Crippen LogP contribution in [0, 0.1) is 6.92 Å². The Kier molecular flexibility index (Phi) is 4.40. The molecule has 0 amide bonds. The van der Waals surface area contributed by atoms with Crippen molar-refractivity contribution in [2.75, 3.05) is 26.1 Å². The zero-order valence-electron chi connectivity index (χ0n) is 12.2. The van der Waals surface area contributed by atoms with Crippen molar-refractivity contribution in [3.63, 3.8) is 0 Å². The van der Waals surface area contributed by atoms with Crippen LogP contribution in [0.4, 0.5) is 5.82 Å². The van der Waals surface area contributed by atoms with Gasteiger partial charge in [0.2, 0.25) is 0 Å². The first-order valence-corrected chi connectivity index (χ1v) is 6.49. The highest BCUT2D eigenvalue weighted by Crippen LogP contribution is 2.28. The molecule has 0 radical (unpaired) electrons. The lowest BCUT2D eigenvalue weighted by Gasteiger charge is -2.10. The summed E-state index contributed by atoms with van der Waals surface area (Å²) in [6.45, 7) is 4.80. The van der Waals surface area contributed by atoms with E-state index in [4.69, 9.17) is 9.47 Å². The molecule has 1 heterocycles. The third kappa shape index (κ3) is 3.17. The lowest BCUT2D eigenvalue weighted by Crippen LogP contribution is -2.02. The molecular formula is C15H19N3O2. The minimum absolute atomic E-state index is 0.651. The van der Waals surface area contributed by atoms with E-state index < -0.39 is 0 Å². The van der Waals surface area contributed by atoms with Gasteiger partial charge in [-0.2, -0.15) is 0 Å². The van der Waals surface area contributed by atoms with Crippen LogP contribution in [0.1, 0.15) is 12.6 Å². The molecule has 1 aromatic heterocycles. The summed E-state index contributed by atoms with van der Waals surface area (Å²) in [5, 5.41) is 3.20. The van der Waals surface area contributed by atoms with Crippen LogP contribution in [-0.4, -0.2) is 30.7 Å². The van der Waals surface area contributed by atoms with E-state index in [0.29, 0.717) is 5.82 Å². The highest BCUT2D eigenvalue weighted by Gasteiger charge is 2.08. The van der Waals surface area contributed by atoms with E-state index in [2.05, 4.69) is 15.3 Å². The number of nitrogens with one attached hydrogen (secondary N) is 1. The Morgan fingerprint density at radius 2 is 1.65 bits per heavy atom. The van der Waals surface area contributed by atoms with Gasteiger partial charge in [0.05, 0.1) is 14.2 Å². The van der Waals surface area contributed by atoms with Crippen LogP contribution in [0.25, 0.3) is 11.4 Å². The third-order valence-corrected chi connectivity index (χ3v) is 2.82. The van der Waals surface area contributed by atoms with Crippen LogP contribution >= 0.6 is 0 Å². The molecule has 5 heteroatoms. The van der Waals surface area contributed by atoms with Crippen LogP contribution in [0.5, 0.6) is 11.5 Å². The Hall–Kier alpha value is -2.30. The van der Waals surface area contributed by atoms with Crippen molar-refractivity contribution in [1.29, 1.82) is 0 Å². The first-order chi connectivity index (χ1) is 9.66. The van der Waals surface area contributed by atoms with Gasteiger partial charge in [0, 0.05) is 29.9 Å². The van der Waals surface area contributed by atoms with E-state index in [1.54, 1.807) is 14.2 Å². The Morgan fingerprint density at radius 1 is 1.00 bits per heavy atom. The predicted molar refractivity (Wildman–Crippen MR) is 79.5 cm³/mol. The first kappa shape index (κ1) is 14.1. The van der Waals surface area contributed by atoms with Gasteiger partial charge in [0.25, 0.3) is 0 Å². The van der Waals surface area contributed by atoms with Crippen LogP contribution < -0.4 is 14.8 Å². The molecule has 1 N–H and O–H groups in total. The maximum atomic E-state index is 5.28. The Morgan fingerprint density at radius 3 is 2.20 bits per heavy atom. The number of benzene rings is 1. The molecule has 20 heavy (non-hydrogen) atoms. The zero-order valence-corrected chi connectivity index (χ0v) is 12.2. The average Bonchev–Trinajstić information content (AvgIpc) is 2.46. The summed E-state index contributed by atoms with van der Waals surface area (Å²) in [6.07, 6.45) is 0. The summed E-state index contributed by atoms with van der Waals surface area (Å²) in [7, 11) is 3.25. The topological polar surface area (TPSA) is 56.3 Å². The lowest BCUT2D eigenvalue weighted by atomic mass is 10.2. The van der Waals surface area contributed by atoms with Crippen LogP contribution in [0.2, 0.25) is 0 Å². The van der Waals surface area contributed by atoms with Gasteiger partial charge in [0.1, 0.15) is 17.3 Å². The molecule has 0 unspecified atom stereocenters. The quantitative estimate of drug-likeness (QED) is 0.907. The molecule has 2 rings (SSSR count). The fourth-order valence-electron chi connectivity index (χ4n) is 1.91. The summed E-state index contributed by atoms with van der Waals surface area (Å²) < 4.78 is 10.6. The monoisotopic (exact) mass is 273 g/mol. The number of anilines is 1. The molecule has 0 aliphatic carbocycles. The second-order valence-electron chi connectivity index (χ2n) is 4.35. The van der Waals surface area contributed by atoms with Gasteiger partial charge in [-0.25, -0.2) is 9.97 Å². The standard InChI is InChI=1S/C15H19N3O2/c1-5-16-14-6-10(2)17-15(18-14)11-7-12(19-3)9-13(8-11)20-4/h6-9H,5H2,1-4H3,(H,16,17,18). The molecule has 0 spiro atoms. The van der Waals surface area contributed by atoms with Gasteiger partial charge in [-0.1, -0.05) is 0 Å². The maximum absolute atomic E-state index is 5.28. The van der Waals surface area contributed by atoms with Crippen molar-refractivity contribution in [2.24, 2.45) is 0 Å². The first-order valence-electron chi connectivity index (χ1n) is 6.49. The summed E-state index contributed by atoms with van der Waals surface area (Å²) in [6, 6.07) is 7.54. The fourth-order valence-corrected chi connectivity index (χ4v) is 1.91. The molecule has 106 valence electrons. The van der Waals surface area contributed by atoms with E-state index in [9.17, 15) is 0 Å². The highest BCUT2D eigenvalue weighted by atomic mass is 16.5. The number of methoxy groups -OCH3 is 2. The van der Waals surface area contributed by atoms with Crippen molar-refractivity contribution in [3.8, 4) is 22.9 Å². The number of ether oxygens (including phenoxy) is 2. The number of aromatic nitrogens is 2. The van der Waals surface area contributed by atoms with Crippen molar-refractivity contribution < 1.29 is 9.47 Å². The van der Waals surface area contributed by atoms with Crippen LogP contribution in [0.15, 0.2) is 24.3 Å². The molecule has 0 bridgehead atoms. The maximum Gasteiger partial charge on any atom is 0.162 e. The van der Waals surface area contributed by atoms with E-state index in [1.807, 2.05) is 38.1 Å². The van der Waals surface area contributed by atoms with Crippen molar-refractivity contribution in [2.45, 2.75) is 13.8 Å². The minimum Gasteiger partial charge on any atom is -0.497 e. The summed E-state index contributed by atoms with van der Waals surface area (Å²) in [5.74, 6) is 2.90. The van der Waals surface area contributed by atoms with Gasteiger partial charge in [-0.05, 0) is 26.0 Å². The zero-order chi connectivity index (χ0) is 14.5. The van der Waals surface area contributed by atoms with E-state index in [0.717, 1.165) is 35.1 Å². The smallest absolute Gasteiger partial charge is 0.162 e. The molecule has 0 saturated carbocycles. The number of hydrogen-bond donors (Lipinski definition) is 1. The fraction of sp³-hybridized carbons (Fsp3) is 0.333. The molecule has 5 nitrogen and oxygen atoms in total. The van der Waals surface area contributed by atoms with Gasteiger partial charge < -0.3 is 14.8 Å². The van der Waals surface area contributed by atoms with E-state index in [1.165, 1.54) is 0 Å². The third-order valence-electron chi connectivity index (χ3n) is 2.82. The van der Waals surface area contributed by atoms with Crippen molar-refractivity contribution in [1.82, 2.24) is 9.97 Å². The summed E-state index contributed by atoms with van der Waals surface area (Å²) in [4.78, 5) is 8.99. The number of nitrogens with zero attached hydrogens (tertiary/aromatic N) is 2. The lowest BCUT2D eigenvalue weighted by molar-refractivity contribution is 0.394. The van der Waals surface area contributed by atoms with Crippen molar-refractivity contribution >= 4 is 5.82 Å². The minimum atomic E-state index is 0.651. The van der Waals surface area contributed by atoms with Gasteiger partial charge >= 0.3 is 0 Å². The van der Waals surface area contributed by atoms with Gasteiger partial charge in [-0.15, -0.1) is 0 Å². The Labute approximate surface area is 119 Å². The largest absolute Gasteiger partial charge is 0.497 e. The SMILES string of the molecule is CCNc1cc(C)nc(-c2cc(OC)cc(OC)c2)n1. The van der Waals surface area contributed by atoms with Crippen LogP contribution in [0.3, 0.4) is 0 Å². The normalized spacial score (nSPS) is 10.2. The number of rotatable bonds is 5. The Balaban J connectivity index is 2.49. The molecule has 1 aromatic carbocycles. The molecule has 0 fully saturated rings. The second kappa shape index (κ2) is 6.23. The van der Waals surface area contributed by atoms with Crippen molar-refractivity contribution in [3.05, 3.63) is 30.0 Å². The molecule has 0 aliphatic heterocycles.